The van der Waals surface area contributed by atoms with Crippen molar-refractivity contribution in [3.05, 3.63) is 47.5 Å². The van der Waals surface area contributed by atoms with Gasteiger partial charge in [0.15, 0.2) is 0 Å². The molecule has 1 aliphatic carbocycles. The first-order valence-electron chi connectivity index (χ1n) is 8.87. The second-order valence-electron chi connectivity index (χ2n) is 6.64. The van der Waals surface area contributed by atoms with Crippen molar-refractivity contribution in [3.63, 3.8) is 0 Å². The maximum Gasteiger partial charge on any atom is 0.254 e. The number of hydrogen-bond donors (Lipinski definition) is 2. The molecular weight excluding hydrogens is 321 g/mol. The van der Waals surface area contributed by atoms with Crippen LogP contribution in [0.2, 0.25) is 0 Å². The van der Waals surface area contributed by atoms with Gasteiger partial charge in [-0.3, -0.25) is 4.79 Å². The fraction of sp³-hybridized carbons (Fsp3) is 0.474. The Balaban J connectivity index is 1.71. The highest BCUT2D eigenvalue weighted by Crippen LogP contribution is 2.24. The number of rotatable bonds is 5. The van der Waals surface area contributed by atoms with Gasteiger partial charge in [-0.25, -0.2) is 9.07 Å². The molecule has 0 aliphatic heterocycles. The van der Waals surface area contributed by atoms with Crippen molar-refractivity contribution in [3.8, 4) is 5.69 Å². The van der Waals surface area contributed by atoms with E-state index in [4.69, 9.17) is 0 Å². The summed E-state index contributed by atoms with van der Waals surface area (Å²) in [5, 5.41) is 17.0. The van der Waals surface area contributed by atoms with E-state index < -0.39 is 0 Å². The molecule has 3 rings (SSSR count). The number of amides is 1. The molecular formula is C19H24FN3O2. The molecule has 0 saturated heterocycles. The Labute approximate surface area is 146 Å². The van der Waals surface area contributed by atoms with E-state index in [0.29, 0.717) is 24.4 Å². The summed E-state index contributed by atoms with van der Waals surface area (Å²) in [5.41, 5.74) is 2.07. The first-order valence-corrected chi connectivity index (χ1v) is 8.87. The summed E-state index contributed by atoms with van der Waals surface area (Å²) in [6, 6.07) is 6.05. The second-order valence-corrected chi connectivity index (χ2v) is 6.64. The van der Waals surface area contributed by atoms with Crippen LogP contribution in [0.15, 0.2) is 30.5 Å². The molecule has 0 radical (unpaired) electrons. The van der Waals surface area contributed by atoms with Crippen molar-refractivity contribution in [2.45, 2.75) is 45.1 Å². The summed E-state index contributed by atoms with van der Waals surface area (Å²) in [4.78, 5) is 12.6. The number of benzene rings is 1. The van der Waals surface area contributed by atoms with Gasteiger partial charge in [0.1, 0.15) is 5.82 Å². The van der Waals surface area contributed by atoms with Crippen molar-refractivity contribution in [1.82, 2.24) is 15.1 Å². The van der Waals surface area contributed by atoms with Gasteiger partial charge in [0, 0.05) is 6.54 Å². The van der Waals surface area contributed by atoms with Crippen LogP contribution in [0.25, 0.3) is 5.69 Å². The van der Waals surface area contributed by atoms with E-state index in [1.54, 1.807) is 23.0 Å². The standard InChI is InChI=1S/C19H24FN3O2/c1-2-18-17(12-22-23(18)15-8-6-14(20)7-9-15)19(25)21-11-13-4-3-5-16(24)10-13/h6-9,12-13,16,24H,2-5,10-11H2,1H3,(H,21,25). The SMILES string of the molecule is CCc1c(C(=O)NCC2CCCC(O)C2)cnn1-c1ccc(F)cc1. The largest absolute Gasteiger partial charge is 0.393 e. The number of nitrogens with one attached hydrogen (secondary N) is 1. The first kappa shape index (κ1) is 17.6. The Hall–Kier alpha value is -2.21. The van der Waals surface area contributed by atoms with E-state index in [0.717, 1.165) is 37.1 Å². The zero-order valence-corrected chi connectivity index (χ0v) is 14.4. The highest BCUT2D eigenvalue weighted by molar-refractivity contribution is 5.95. The third kappa shape index (κ3) is 4.07. The molecule has 1 aliphatic rings. The second kappa shape index (κ2) is 7.78. The highest BCUT2D eigenvalue weighted by atomic mass is 19.1. The molecule has 1 heterocycles. The number of hydrogen-bond acceptors (Lipinski definition) is 3. The minimum Gasteiger partial charge on any atom is -0.393 e. The van der Waals surface area contributed by atoms with Crippen LogP contribution in [0.4, 0.5) is 4.39 Å². The molecule has 1 amide bonds. The van der Waals surface area contributed by atoms with Gasteiger partial charge in [-0.05, 0) is 55.9 Å². The van der Waals surface area contributed by atoms with Gasteiger partial charge < -0.3 is 10.4 Å². The lowest BCUT2D eigenvalue weighted by molar-refractivity contribution is 0.0873. The minimum absolute atomic E-state index is 0.148. The van der Waals surface area contributed by atoms with Gasteiger partial charge in [-0.15, -0.1) is 0 Å². The van der Waals surface area contributed by atoms with E-state index in [-0.39, 0.29) is 17.8 Å². The van der Waals surface area contributed by atoms with E-state index >= 15 is 0 Å². The van der Waals surface area contributed by atoms with E-state index in [1.165, 1.54) is 12.1 Å². The van der Waals surface area contributed by atoms with Crippen LogP contribution >= 0.6 is 0 Å². The first-order chi connectivity index (χ1) is 12.1. The van der Waals surface area contributed by atoms with Gasteiger partial charge in [0.2, 0.25) is 0 Å². The summed E-state index contributed by atoms with van der Waals surface area (Å²) >= 11 is 0. The van der Waals surface area contributed by atoms with E-state index in [9.17, 15) is 14.3 Å². The third-order valence-corrected chi connectivity index (χ3v) is 4.83. The molecule has 1 saturated carbocycles. The molecule has 6 heteroatoms. The van der Waals surface area contributed by atoms with Crippen LogP contribution in [0.3, 0.4) is 0 Å². The van der Waals surface area contributed by atoms with Gasteiger partial charge in [0.25, 0.3) is 5.91 Å². The summed E-state index contributed by atoms with van der Waals surface area (Å²) in [6.07, 6.45) is 5.60. The van der Waals surface area contributed by atoms with Crippen molar-refractivity contribution in [2.24, 2.45) is 5.92 Å². The molecule has 1 aromatic carbocycles. The smallest absolute Gasteiger partial charge is 0.254 e. The molecule has 0 bridgehead atoms. The van der Waals surface area contributed by atoms with Crippen LogP contribution in [-0.2, 0) is 6.42 Å². The average molecular weight is 345 g/mol. The molecule has 2 N–H and O–H groups in total. The number of aromatic nitrogens is 2. The van der Waals surface area contributed by atoms with Crippen molar-refractivity contribution < 1.29 is 14.3 Å². The third-order valence-electron chi connectivity index (χ3n) is 4.83. The summed E-state index contributed by atoms with van der Waals surface area (Å²) in [6.45, 7) is 2.53. The Kier molecular flexibility index (Phi) is 5.48. The lowest BCUT2D eigenvalue weighted by Crippen LogP contribution is -2.33. The van der Waals surface area contributed by atoms with Crippen molar-refractivity contribution >= 4 is 5.91 Å². The van der Waals surface area contributed by atoms with E-state index in [2.05, 4.69) is 10.4 Å². The summed E-state index contributed by atoms with van der Waals surface area (Å²) in [7, 11) is 0. The molecule has 2 aromatic rings. The highest BCUT2D eigenvalue weighted by Gasteiger charge is 2.22. The van der Waals surface area contributed by atoms with Gasteiger partial charge in [-0.1, -0.05) is 13.3 Å². The molecule has 1 fully saturated rings. The molecule has 2 atom stereocenters. The predicted octanol–water partition coefficient (Wildman–Crippen LogP) is 2.85. The molecule has 1 aromatic heterocycles. The maximum absolute atomic E-state index is 13.1. The Bertz CT molecular complexity index is 727. The summed E-state index contributed by atoms with van der Waals surface area (Å²) < 4.78 is 14.8. The van der Waals surface area contributed by atoms with Crippen LogP contribution in [0.1, 0.15) is 48.7 Å². The number of carbonyl (C=O) groups is 1. The van der Waals surface area contributed by atoms with Gasteiger partial charge in [-0.2, -0.15) is 5.10 Å². The number of nitrogens with zero attached hydrogens (tertiary/aromatic N) is 2. The number of aliphatic hydroxyl groups is 1. The molecule has 0 spiro atoms. The van der Waals surface area contributed by atoms with Crippen LogP contribution < -0.4 is 5.32 Å². The fourth-order valence-corrected chi connectivity index (χ4v) is 3.49. The molecule has 2 unspecified atom stereocenters. The Morgan fingerprint density at radius 1 is 1.36 bits per heavy atom. The fourth-order valence-electron chi connectivity index (χ4n) is 3.49. The topological polar surface area (TPSA) is 67.2 Å². The lowest BCUT2D eigenvalue weighted by atomic mass is 9.87. The molecule has 5 nitrogen and oxygen atoms in total. The summed E-state index contributed by atoms with van der Waals surface area (Å²) in [5.74, 6) is -0.128. The Morgan fingerprint density at radius 2 is 2.12 bits per heavy atom. The normalized spacial score (nSPS) is 20.4. The molecule has 134 valence electrons. The van der Waals surface area contributed by atoms with Crippen LogP contribution in [0.5, 0.6) is 0 Å². The van der Waals surface area contributed by atoms with Gasteiger partial charge in [0.05, 0.1) is 29.2 Å². The zero-order valence-electron chi connectivity index (χ0n) is 14.4. The Morgan fingerprint density at radius 3 is 2.80 bits per heavy atom. The lowest BCUT2D eigenvalue weighted by Gasteiger charge is -2.25. The van der Waals surface area contributed by atoms with Crippen LogP contribution in [0, 0.1) is 11.7 Å². The monoisotopic (exact) mass is 345 g/mol. The minimum atomic E-state index is -0.304. The number of aliphatic hydroxyl groups excluding tert-OH is 1. The number of halogens is 1. The van der Waals surface area contributed by atoms with Gasteiger partial charge >= 0.3 is 0 Å². The predicted molar refractivity (Wildman–Crippen MR) is 93.2 cm³/mol. The maximum atomic E-state index is 13.1. The van der Waals surface area contributed by atoms with Crippen LogP contribution in [-0.4, -0.2) is 33.4 Å². The zero-order chi connectivity index (χ0) is 17.8. The quantitative estimate of drug-likeness (QED) is 0.876. The van der Waals surface area contributed by atoms with E-state index in [1.807, 2.05) is 6.92 Å². The number of carbonyl (C=O) groups excluding carboxylic acids is 1. The molecule has 25 heavy (non-hydrogen) atoms. The average Bonchev–Trinajstić information content (AvgIpc) is 3.04. The van der Waals surface area contributed by atoms with Crippen molar-refractivity contribution in [1.29, 1.82) is 0 Å². The van der Waals surface area contributed by atoms with Crippen molar-refractivity contribution in [2.75, 3.05) is 6.54 Å².